The van der Waals surface area contributed by atoms with E-state index in [-0.39, 0.29) is 11.8 Å². The van der Waals surface area contributed by atoms with Crippen molar-refractivity contribution in [1.82, 2.24) is 14.7 Å². The Kier molecular flexibility index (Phi) is 5.12. The summed E-state index contributed by atoms with van der Waals surface area (Å²) in [6.07, 6.45) is 0. The van der Waals surface area contributed by atoms with Gasteiger partial charge in [0.25, 0.3) is 11.8 Å². The number of carbonyl (C=O) groups excluding carboxylic acids is 2. The number of amides is 2. The molecule has 0 spiro atoms. The van der Waals surface area contributed by atoms with Crippen molar-refractivity contribution >= 4 is 34.7 Å². The minimum absolute atomic E-state index is 0.111. The van der Waals surface area contributed by atoms with Gasteiger partial charge in [0.2, 0.25) is 0 Å². The van der Waals surface area contributed by atoms with Gasteiger partial charge in [-0.3, -0.25) is 14.3 Å². The predicted octanol–water partition coefficient (Wildman–Crippen LogP) is 2.70. The molecule has 28 heavy (non-hydrogen) atoms. The third-order valence-electron chi connectivity index (χ3n) is 4.77. The fourth-order valence-electron chi connectivity index (χ4n) is 3.24. The van der Waals surface area contributed by atoms with Crippen LogP contribution in [0.3, 0.4) is 0 Å². The van der Waals surface area contributed by atoms with Gasteiger partial charge in [-0.15, -0.1) is 11.3 Å². The van der Waals surface area contributed by atoms with E-state index in [1.165, 1.54) is 21.7 Å². The molecular formula is C20H21N5O2S. The number of para-hydroxylation sites is 1. The van der Waals surface area contributed by atoms with Gasteiger partial charge >= 0.3 is 0 Å². The molecule has 0 radical (unpaired) electrons. The summed E-state index contributed by atoms with van der Waals surface area (Å²) in [5, 5.41) is 8.96. The maximum absolute atomic E-state index is 12.8. The van der Waals surface area contributed by atoms with Crippen LogP contribution in [-0.4, -0.2) is 52.7 Å². The first-order valence-electron chi connectivity index (χ1n) is 9.10. The molecule has 1 N–H and O–H groups in total. The summed E-state index contributed by atoms with van der Waals surface area (Å²) < 4.78 is 1.53. The van der Waals surface area contributed by atoms with Crippen molar-refractivity contribution in [2.24, 2.45) is 7.05 Å². The first kappa shape index (κ1) is 18.2. The molecule has 2 aromatic heterocycles. The van der Waals surface area contributed by atoms with Gasteiger partial charge in [0.1, 0.15) is 5.82 Å². The molecule has 1 fully saturated rings. The SMILES string of the molecule is Cn1nc(C(=O)N2CCN(c3ccccc3)CC2)cc1NC(=O)c1cccs1. The molecule has 1 aliphatic heterocycles. The maximum atomic E-state index is 12.8. The van der Waals surface area contributed by atoms with Crippen LogP contribution in [0.15, 0.2) is 53.9 Å². The number of hydrogen-bond donors (Lipinski definition) is 1. The first-order chi connectivity index (χ1) is 13.6. The molecule has 144 valence electrons. The largest absolute Gasteiger partial charge is 0.368 e. The summed E-state index contributed by atoms with van der Waals surface area (Å²) in [5.41, 5.74) is 1.52. The van der Waals surface area contributed by atoms with E-state index in [9.17, 15) is 9.59 Å². The van der Waals surface area contributed by atoms with Crippen molar-refractivity contribution in [1.29, 1.82) is 0 Å². The van der Waals surface area contributed by atoms with Gasteiger partial charge in [0.15, 0.2) is 5.69 Å². The quantitative estimate of drug-likeness (QED) is 0.737. The zero-order valence-electron chi connectivity index (χ0n) is 15.5. The van der Waals surface area contributed by atoms with Crippen LogP contribution in [0.25, 0.3) is 0 Å². The Labute approximate surface area is 167 Å². The second-order valence-corrected chi connectivity index (χ2v) is 7.53. The second kappa shape index (κ2) is 7.85. The van der Waals surface area contributed by atoms with Crippen LogP contribution in [0, 0.1) is 0 Å². The fourth-order valence-corrected chi connectivity index (χ4v) is 3.86. The Balaban J connectivity index is 1.40. The van der Waals surface area contributed by atoms with E-state index in [2.05, 4.69) is 27.4 Å². The van der Waals surface area contributed by atoms with Crippen LogP contribution in [0.2, 0.25) is 0 Å². The number of aryl methyl sites for hydroxylation is 1. The number of nitrogens with zero attached hydrogens (tertiary/aromatic N) is 4. The van der Waals surface area contributed by atoms with Crippen LogP contribution in [0.5, 0.6) is 0 Å². The van der Waals surface area contributed by atoms with Crippen molar-refractivity contribution in [3.63, 3.8) is 0 Å². The lowest BCUT2D eigenvalue weighted by Gasteiger charge is -2.35. The lowest BCUT2D eigenvalue weighted by atomic mass is 10.2. The summed E-state index contributed by atoms with van der Waals surface area (Å²) >= 11 is 1.37. The first-order valence-corrected chi connectivity index (χ1v) is 9.98. The predicted molar refractivity (Wildman–Crippen MR) is 110 cm³/mol. The molecule has 3 heterocycles. The fraction of sp³-hybridized carbons (Fsp3) is 0.250. The van der Waals surface area contributed by atoms with Crippen molar-refractivity contribution in [2.75, 3.05) is 36.4 Å². The van der Waals surface area contributed by atoms with Crippen molar-refractivity contribution < 1.29 is 9.59 Å². The van der Waals surface area contributed by atoms with Gasteiger partial charge in [-0.05, 0) is 23.6 Å². The van der Waals surface area contributed by atoms with Gasteiger partial charge in [-0.1, -0.05) is 24.3 Å². The molecular weight excluding hydrogens is 374 g/mol. The maximum Gasteiger partial charge on any atom is 0.274 e. The van der Waals surface area contributed by atoms with Crippen LogP contribution >= 0.6 is 11.3 Å². The van der Waals surface area contributed by atoms with E-state index in [1.807, 2.05) is 34.5 Å². The molecule has 3 aromatic rings. The Bertz CT molecular complexity index is 960. The highest BCUT2D eigenvalue weighted by molar-refractivity contribution is 7.12. The zero-order valence-corrected chi connectivity index (χ0v) is 16.4. The summed E-state index contributed by atoms with van der Waals surface area (Å²) in [6, 6.07) is 15.4. The van der Waals surface area contributed by atoms with Crippen LogP contribution < -0.4 is 10.2 Å². The Hall–Kier alpha value is -3.13. The second-order valence-electron chi connectivity index (χ2n) is 6.58. The molecule has 7 nitrogen and oxygen atoms in total. The zero-order chi connectivity index (χ0) is 19.5. The molecule has 8 heteroatoms. The minimum atomic E-state index is -0.200. The Morgan fingerprint density at radius 2 is 1.79 bits per heavy atom. The third kappa shape index (κ3) is 3.77. The molecule has 0 saturated carbocycles. The molecule has 0 atom stereocenters. The van der Waals surface area contributed by atoms with Crippen molar-refractivity contribution in [3.05, 3.63) is 64.5 Å². The summed E-state index contributed by atoms with van der Waals surface area (Å²) in [6.45, 7) is 2.84. The van der Waals surface area contributed by atoms with E-state index in [0.717, 1.165) is 13.1 Å². The number of hydrogen-bond acceptors (Lipinski definition) is 5. The lowest BCUT2D eigenvalue weighted by molar-refractivity contribution is 0.0740. The van der Waals surface area contributed by atoms with E-state index < -0.39 is 0 Å². The number of rotatable bonds is 4. The van der Waals surface area contributed by atoms with Crippen molar-refractivity contribution in [3.8, 4) is 0 Å². The number of benzene rings is 1. The number of piperazine rings is 1. The molecule has 1 aromatic carbocycles. The molecule has 1 aliphatic rings. The summed E-state index contributed by atoms with van der Waals surface area (Å²) in [7, 11) is 1.72. The Morgan fingerprint density at radius 1 is 1.04 bits per heavy atom. The molecule has 0 aliphatic carbocycles. The number of anilines is 2. The van der Waals surface area contributed by atoms with E-state index in [4.69, 9.17) is 0 Å². The molecule has 1 saturated heterocycles. The van der Waals surface area contributed by atoms with Crippen LogP contribution in [0.1, 0.15) is 20.2 Å². The third-order valence-corrected chi connectivity index (χ3v) is 5.64. The smallest absolute Gasteiger partial charge is 0.274 e. The molecule has 4 rings (SSSR count). The highest BCUT2D eigenvalue weighted by atomic mass is 32.1. The average Bonchev–Trinajstić information content (AvgIpc) is 3.39. The molecule has 0 bridgehead atoms. The van der Waals surface area contributed by atoms with Gasteiger partial charge in [0, 0.05) is 45.0 Å². The van der Waals surface area contributed by atoms with Crippen LogP contribution in [0.4, 0.5) is 11.5 Å². The van der Waals surface area contributed by atoms with Gasteiger partial charge in [0.05, 0.1) is 4.88 Å². The number of aromatic nitrogens is 2. The van der Waals surface area contributed by atoms with Crippen LogP contribution in [-0.2, 0) is 7.05 Å². The van der Waals surface area contributed by atoms with E-state index >= 15 is 0 Å². The molecule has 0 unspecified atom stereocenters. The van der Waals surface area contributed by atoms with Crippen molar-refractivity contribution in [2.45, 2.75) is 0 Å². The topological polar surface area (TPSA) is 70.5 Å². The standard InChI is InChI=1S/C20H21N5O2S/c1-23-18(21-19(26)17-8-5-13-28-17)14-16(22-23)20(27)25-11-9-24(10-12-25)15-6-3-2-4-7-15/h2-8,13-14H,9-12H2,1H3,(H,21,26). The number of thiophene rings is 1. The van der Waals surface area contributed by atoms with Gasteiger partial charge < -0.3 is 15.1 Å². The average molecular weight is 395 g/mol. The minimum Gasteiger partial charge on any atom is -0.368 e. The lowest BCUT2D eigenvalue weighted by Crippen LogP contribution is -2.48. The highest BCUT2D eigenvalue weighted by Crippen LogP contribution is 2.18. The van der Waals surface area contributed by atoms with E-state index in [1.54, 1.807) is 19.2 Å². The summed E-state index contributed by atoms with van der Waals surface area (Å²) in [4.78, 5) is 29.8. The Morgan fingerprint density at radius 3 is 2.46 bits per heavy atom. The molecule has 2 amide bonds. The number of nitrogens with one attached hydrogen (secondary N) is 1. The monoisotopic (exact) mass is 395 g/mol. The summed E-state index contributed by atoms with van der Waals surface area (Å²) in [5.74, 6) is 0.193. The van der Waals surface area contributed by atoms with Gasteiger partial charge in [-0.25, -0.2) is 0 Å². The highest BCUT2D eigenvalue weighted by Gasteiger charge is 2.25. The van der Waals surface area contributed by atoms with E-state index in [0.29, 0.717) is 29.5 Å². The number of carbonyl (C=O) groups is 2. The normalized spacial score (nSPS) is 14.2. The van der Waals surface area contributed by atoms with Gasteiger partial charge in [-0.2, -0.15) is 5.10 Å².